The number of nitrogen functional groups attached to an aromatic ring is 1. The number of hydrogen-bond acceptors (Lipinski definition) is 4. The number of carbonyl (C=O) groups is 1. The van der Waals surface area contributed by atoms with Crippen LogP contribution in [0.1, 0.15) is 12.8 Å². The van der Waals surface area contributed by atoms with Gasteiger partial charge < -0.3 is 16.0 Å². The summed E-state index contributed by atoms with van der Waals surface area (Å²) in [4.78, 5) is 13.9. The highest BCUT2D eigenvalue weighted by molar-refractivity contribution is 5.83. The number of piperidine rings is 1. The van der Waals surface area contributed by atoms with Crippen molar-refractivity contribution in [3.05, 3.63) is 6.20 Å². The number of nitrogens with one attached hydrogen (secondary N) is 1. The van der Waals surface area contributed by atoms with Crippen LogP contribution >= 0.6 is 0 Å². The van der Waals surface area contributed by atoms with Gasteiger partial charge in [0.15, 0.2) is 5.82 Å². The lowest BCUT2D eigenvalue weighted by atomic mass is 9.91. The number of carbonyl (C=O) groups excluding carboxylic acids is 1. The second kappa shape index (κ2) is 3.65. The van der Waals surface area contributed by atoms with E-state index in [2.05, 4.69) is 15.3 Å². The molecule has 17 heavy (non-hydrogen) atoms. The van der Waals surface area contributed by atoms with Gasteiger partial charge in [0.25, 0.3) is 0 Å². The average Bonchev–Trinajstić information content (AvgIpc) is 2.83. The number of nitrogens with zero attached hydrogens (tertiary/aromatic N) is 3. The first-order valence-corrected chi connectivity index (χ1v) is 6.00. The number of amides is 1. The van der Waals surface area contributed by atoms with Crippen LogP contribution in [0.4, 0.5) is 11.5 Å². The average molecular weight is 235 g/mol. The zero-order chi connectivity index (χ0) is 12.0. The maximum Gasteiger partial charge on any atom is 0.225 e. The summed E-state index contributed by atoms with van der Waals surface area (Å²) < 4.78 is 1.72. The van der Waals surface area contributed by atoms with Crippen LogP contribution in [0.15, 0.2) is 6.20 Å². The molecule has 1 amide bonds. The van der Waals surface area contributed by atoms with Crippen LogP contribution in [-0.4, -0.2) is 34.8 Å². The normalized spacial score (nSPS) is 28.1. The summed E-state index contributed by atoms with van der Waals surface area (Å²) in [5, 5.41) is 7.33. The van der Waals surface area contributed by atoms with E-state index in [1.165, 1.54) is 0 Å². The Morgan fingerprint density at radius 3 is 3.12 bits per heavy atom. The maximum absolute atomic E-state index is 11.7. The number of aromatic nitrogens is 2. The van der Waals surface area contributed by atoms with Gasteiger partial charge in [-0.2, -0.15) is 5.10 Å². The largest absolute Gasteiger partial charge is 0.394 e. The van der Waals surface area contributed by atoms with E-state index in [0.29, 0.717) is 12.2 Å². The van der Waals surface area contributed by atoms with Crippen molar-refractivity contribution >= 4 is 17.4 Å². The van der Waals surface area contributed by atoms with E-state index in [4.69, 9.17) is 5.73 Å². The summed E-state index contributed by atoms with van der Waals surface area (Å²) in [6.45, 7) is 1.64. The summed E-state index contributed by atoms with van der Waals surface area (Å²) in [5.41, 5.74) is 6.65. The van der Waals surface area contributed by atoms with Gasteiger partial charge in [-0.1, -0.05) is 0 Å². The highest BCUT2D eigenvalue weighted by Gasteiger charge is 2.41. The number of rotatable bonds is 1. The van der Waals surface area contributed by atoms with Crippen LogP contribution in [0.5, 0.6) is 0 Å². The molecule has 3 N–H and O–H groups in total. The van der Waals surface area contributed by atoms with Crippen LogP contribution in [0, 0.1) is 5.92 Å². The molecule has 2 aliphatic heterocycles. The molecule has 2 unspecified atom stereocenters. The molecule has 0 bridgehead atoms. The Balaban J connectivity index is 1.92. The van der Waals surface area contributed by atoms with Crippen molar-refractivity contribution in [1.29, 1.82) is 0 Å². The Morgan fingerprint density at radius 2 is 2.41 bits per heavy atom. The Kier molecular flexibility index (Phi) is 2.24. The molecule has 0 spiro atoms. The molecular weight excluding hydrogens is 218 g/mol. The van der Waals surface area contributed by atoms with Gasteiger partial charge in [-0.25, -0.2) is 0 Å². The third-order valence-corrected chi connectivity index (χ3v) is 3.71. The van der Waals surface area contributed by atoms with E-state index in [0.717, 1.165) is 25.2 Å². The third kappa shape index (κ3) is 1.55. The van der Waals surface area contributed by atoms with Gasteiger partial charge in [0, 0.05) is 26.3 Å². The lowest BCUT2D eigenvalue weighted by Gasteiger charge is -2.36. The van der Waals surface area contributed by atoms with Gasteiger partial charge in [-0.15, -0.1) is 0 Å². The van der Waals surface area contributed by atoms with Crippen molar-refractivity contribution < 1.29 is 4.79 Å². The third-order valence-electron chi connectivity index (χ3n) is 3.71. The molecule has 3 rings (SSSR count). The minimum Gasteiger partial charge on any atom is -0.394 e. The molecule has 0 radical (unpaired) electrons. The van der Waals surface area contributed by atoms with Gasteiger partial charge in [0.2, 0.25) is 5.91 Å². The predicted octanol–water partition coefficient (Wildman–Crippen LogP) is -0.283. The number of hydrogen-bond donors (Lipinski definition) is 2. The Bertz CT molecular complexity index is 455. The van der Waals surface area contributed by atoms with Gasteiger partial charge in [-0.3, -0.25) is 9.48 Å². The second-order valence-corrected chi connectivity index (χ2v) is 4.84. The molecule has 3 heterocycles. The van der Waals surface area contributed by atoms with Gasteiger partial charge in [-0.05, 0) is 12.8 Å². The first-order chi connectivity index (χ1) is 8.16. The van der Waals surface area contributed by atoms with Crippen molar-refractivity contribution in [2.45, 2.75) is 18.9 Å². The molecule has 0 aliphatic carbocycles. The summed E-state index contributed by atoms with van der Waals surface area (Å²) in [7, 11) is 1.86. The van der Waals surface area contributed by atoms with Crippen molar-refractivity contribution in [2.75, 3.05) is 23.7 Å². The van der Waals surface area contributed by atoms with Crippen molar-refractivity contribution in [2.24, 2.45) is 13.0 Å². The number of fused-ring (bicyclic) bond motifs is 1. The molecule has 2 aliphatic rings. The van der Waals surface area contributed by atoms with Crippen LogP contribution < -0.4 is 16.0 Å². The second-order valence-electron chi connectivity index (χ2n) is 4.84. The highest BCUT2D eigenvalue weighted by atomic mass is 16.2. The van der Waals surface area contributed by atoms with E-state index in [1.807, 2.05) is 13.2 Å². The molecule has 2 fully saturated rings. The molecule has 92 valence electrons. The fourth-order valence-corrected chi connectivity index (χ4v) is 2.93. The molecule has 1 aromatic rings. The molecule has 2 saturated heterocycles. The topological polar surface area (TPSA) is 76.2 Å². The minimum atomic E-state index is 0.102. The molecule has 0 aromatic carbocycles. The van der Waals surface area contributed by atoms with Crippen LogP contribution in [0.3, 0.4) is 0 Å². The Labute approximate surface area is 99.8 Å². The molecule has 6 heteroatoms. The first kappa shape index (κ1) is 10.4. The summed E-state index contributed by atoms with van der Waals surface area (Å²) in [6, 6.07) is 0.216. The maximum atomic E-state index is 11.7. The van der Waals surface area contributed by atoms with Crippen molar-refractivity contribution in [3.8, 4) is 0 Å². The van der Waals surface area contributed by atoms with E-state index >= 15 is 0 Å². The van der Waals surface area contributed by atoms with E-state index in [1.54, 1.807) is 4.68 Å². The number of anilines is 2. The van der Waals surface area contributed by atoms with Crippen LogP contribution in [0.2, 0.25) is 0 Å². The first-order valence-electron chi connectivity index (χ1n) is 6.00. The van der Waals surface area contributed by atoms with Crippen LogP contribution in [0.25, 0.3) is 0 Å². The van der Waals surface area contributed by atoms with E-state index in [9.17, 15) is 4.79 Å². The van der Waals surface area contributed by atoms with Gasteiger partial charge in [0.1, 0.15) is 0 Å². The fraction of sp³-hybridized carbons (Fsp3) is 0.636. The Hall–Kier alpha value is -1.72. The Morgan fingerprint density at radius 1 is 1.59 bits per heavy atom. The quantitative estimate of drug-likeness (QED) is 0.702. The van der Waals surface area contributed by atoms with Crippen LogP contribution in [-0.2, 0) is 11.8 Å². The highest BCUT2D eigenvalue weighted by Crippen LogP contribution is 2.33. The molecule has 0 saturated carbocycles. The SMILES string of the molecule is Cn1cc(N)c(N2CCCC3C(=O)NCC32)n1. The van der Waals surface area contributed by atoms with E-state index in [-0.39, 0.29) is 17.9 Å². The van der Waals surface area contributed by atoms with E-state index < -0.39 is 0 Å². The van der Waals surface area contributed by atoms with Gasteiger partial charge in [0.05, 0.1) is 17.6 Å². The smallest absolute Gasteiger partial charge is 0.225 e. The minimum absolute atomic E-state index is 0.102. The van der Waals surface area contributed by atoms with Crippen molar-refractivity contribution in [1.82, 2.24) is 15.1 Å². The zero-order valence-corrected chi connectivity index (χ0v) is 9.89. The summed E-state index contributed by atoms with van der Waals surface area (Å²) >= 11 is 0. The molecule has 2 atom stereocenters. The monoisotopic (exact) mass is 235 g/mol. The lowest BCUT2D eigenvalue weighted by Crippen LogP contribution is -2.46. The predicted molar refractivity (Wildman–Crippen MR) is 64.5 cm³/mol. The number of aryl methyl sites for hydroxylation is 1. The summed E-state index contributed by atoms with van der Waals surface area (Å²) in [5.74, 6) is 1.10. The lowest BCUT2D eigenvalue weighted by molar-refractivity contribution is -0.122. The standard InChI is InChI=1S/C11H17N5O/c1-15-6-8(12)10(14-15)16-4-2-3-7-9(16)5-13-11(7)17/h6-7,9H,2-5,12H2,1H3,(H,13,17). The fourth-order valence-electron chi connectivity index (χ4n) is 2.93. The molecule has 6 nitrogen and oxygen atoms in total. The molecular formula is C11H17N5O. The summed E-state index contributed by atoms with van der Waals surface area (Å²) in [6.07, 6.45) is 3.80. The van der Waals surface area contributed by atoms with Crippen molar-refractivity contribution in [3.63, 3.8) is 0 Å². The van der Waals surface area contributed by atoms with Gasteiger partial charge >= 0.3 is 0 Å². The number of nitrogens with two attached hydrogens (primary N) is 1. The molecule has 1 aromatic heterocycles. The zero-order valence-electron chi connectivity index (χ0n) is 9.89.